The highest BCUT2D eigenvalue weighted by Crippen LogP contribution is 2.26. The second-order valence-corrected chi connectivity index (χ2v) is 4.40. The quantitative estimate of drug-likeness (QED) is 0.768. The molecule has 0 aliphatic rings. The van der Waals surface area contributed by atoms with Crippen LogP contribution in [0.5, 0.6) is 0 Å². The maximum Gasteiger partial charge on any atom is 0.0624 e. The van der Waals surface area contributed by atoms with Gasteiger partial charge in [0.05, 0.1) is 10.0 Å². The van der Waals surface area contributed by atoms with Gasteiger partial charge in [0.2, 0.25) is 0 Å². The lowest BCUT2D eigenvalue weighted by Crippen LogP contribution is -2.13. The van der Waals surface area contributed by atoms with Gasteiger partial charge in [-0.1, -0.05) is 35.3 Å². The summed E-state index contributed by atoms with van der Waals surface area (Å²) < 4.78 is 0. The predicted octanol–water partition coefficient (Wildman–Crippen LogP) is 3.49. The minimum absolute atomic E-state index is 0.647. The molecule has 14 heavy (non-hydrogen) atoms. The van der Waals surface area contributed by atoms with Gasteiger partial charge in [0.25, 0.3) is 0 Å². The summed E-state index contributed by atoms with van der Waals surface area (Å²) in [6, 6.07) is 5.79. The van der Waals surface area contributed by atoms with E-state index < -0.39 is 0 Å². The molecule has 0 aliphatic carbocycles. The minimum atomic E-state index is 0.647. The number of hydrogen-bond acceptors (Lipinski definition) is 1. The van der Waals surface area contributed by atoms with Gasteiger partial charge >= 0.3 is 0 Å². The number of nitrogens with zero attached hydrogens (tertiary/aromatic N) is 1. The van der Waals surface area contributed by atoms with Crippen LogP contribution in [-0.2, 0) is 6.42 Å². The Morgan fingerprint density at radius 1 is 1.21 bits per heavy atom. The highest BCUT2D eigenvalue weighted by molar-refractivity contribution is 6.42. The number of hydrogen-bond donors (Lipinski definition) is 0. The first-order chi connectivity index (χ1) is 6.61. The van der Waals surface area contributed by atoms with Crippen LogP contribution in [0, 0.1) is 0 Å². The largest absolute Gasteiger partial charge is 0.309 e. The second-order valence-electron chi connectivity index (χ2n) is 3.62. The molecule has 0 aromatic heterocycles. The van der Waals surface area contributed by atoms with E-state index >= 15 is 0 Å². The number of rotatable bonds is 4. The van der Waals surface area contributed by atoms with E-state index in [1.54, 1.807) is 0 Å². The summed E-state index contributed by atoms with van der Waals surface area (Å²) in [4.78, 5) is 2.17. The van der Waals surface area contributed by atoms with Gasteiger partial charge in [-0.3, -0.25) is 0 Å². The number of benzene rings is 1. The van der Waals surface area contributed by atoms with Crippen LogP contribution in [0.15, 0.2) is 18.2 Å². The van der Waals surface area contributed by atoms with E-state index in [0.717, 1.165) is 24.9 Å². The second kappa shape index (κ2) is 5.59. The van der Waals surface area contributed by atoms with Crippen LogP contribution in [0.1, 0.15) is 12.0 Å². The van der Waals surface area contributed by atoms with Crippen LogP contribution < -0.4 is 0 Å². The molecule has 0 spiro atoms. The Morgan fingerprint density at radius 2 is 1.93 bits per heavy atom. The molecule has 0 saturated carbocycles. The van der Waals surface area contributed by atoms with Gasteiger partial charge in [0.1, 0.15) is 0 Å². The van der Waals surface area contributed by atoms with Crippen molar-refractivity contribution in [2.75, 3.05) is 20.6 Å². The first-order valence-electron chi connectivity index (χ1n) is 4.69. The van der Waals surface area contributed by atoms with Crippen LogP contribution in [0.2, 0.25) is 10.0 Å². The monoisotopic (exact) mass is 231 g/mol. The van der Waals surface area contributed by atoms with Crippen molar-refractivity contribution < 1.29 is 0 Å². The zero-order valence-corrected chi connectivity index (χ0v) is 10.1. The van der Waals surface area contributed by atoms with E-state index in [9.17, 15) is 0 Å². The van der Waals surface area contributed by atoms with E-state index in [2.05, 4.69) is 19.0 Å². The Kier molecular flexibility index (Phi) is 4.73. The Labute approximate surface area is 95.6 Å². The van der Waals surface area contributed by atoms with Crippen molar-refractivity contribution in [2.45, 2.75) is 12.8 Å². The van der Waals surface area contributed by atoms with E-state index in [4.69, 9.17) is 23.2 Å². The van der Waals surface area contributed by atoms with Gasteiger partial charge in [-0.15, -0.1) is 0 Å². The standard InChI is InChI=1S/C11H15Cl2N/c1-14(2)8-4-6-9-5-3-7-10(12)11(9)13/h3,5,7H,4,6,8H2,1-2H3. The van der Waals surface area contributed by atoms with Crippen molar-refractivity contribution in [3.05, 3.63) is 33.8 Å². The molecule has 0 atom stereocenters. The summed E-state index contributed by atoms with van der Waals surface area (Å²) in [6.45, 7) is 1.07. The highest BCUT2D eigenvalue weighted by atomic mass is 35.5. The third kappa shape index (κ3) is 3.49. The fraction of sp³-hybridized carbons (Fsp3) is 0.455. The van der Waals surface area contributed by atoms with Crippen LogP contribution in [0.25, 0.3) is 0 Å². The molecule has 0 radical (unpaired) electrons. The lowest BCUT2D eigenvalue weighted by molar-refractivity contribution is 0.400. The SMILES string of the molecule is CN(C)CCCc1cccc(Cl)c1Cl. The first kappa shape index (κ1) is 11.8. The molecule has 1 nitrogen and oxygen atoms in total. The smallest absolute Gasteiger partial charge is 0.0624 e. The Morgan fingerprint density at radius 3 is 2.57 bits per heavy atom. The lowest BCUT2D eigenvalue weighted by Gasteiger charge is -2.10. The zero-order valence-electron chi connectivity index (χ0n) is 8.56. The fourth-order valence-corrected chi connectivity index (χ4v) is 1.74. The summed E-state index contributed by atoms with van der Waals surface area (Å²) in [7, 11) is 4.14. The lowest BCUT2D eigenvalue weighted by atomic mass is 10.1. The molecular weight excluding hydrogens is 217 g/mol. The molecule has 1 rings (SSSR count). The zero-order chi connectivity index (χ0) is 10.6. The summed E-state index contributed by atoms with van der Waals surface area (Å²) in [5.74, 6) is 0. The Bertz CT molecular complexity index is 297. The Hall–Kier alpha value is -0.240. The van der Waals surface area contributed by atoms with Crippen molar-refractivity contribution in [2.24, 2.45) is 0 Å². The summed E-state index contributed by atoms with van der Waals surface area (Å²) in [5.41, 5.74) is 1.14. The molecule has 1 aromatic carbocycles. The van der Waals surface area contributed by atoms with Crippen molar-refractivity contribution in [3.63, 3.8) is 0 Å². The maximum absolute atomic E-state index is 6.06. The van der Waals surface area contributed by atoms with Gasteiger partial charge in [0.15, 0.2) is 0 Å². The molecule has 0 aliphatic heterocycles. The topological polar surface area (TPSA) is 3.24 Å². The van der Waals surface area contributed by atoms with Crippen LogP contribution in [0.3, 0.4) is 0 Å². The molecular formula is C11H15Cl2N. The van der Waals surface area contributed by atoms with Crippen LogP contribution in [0.4, 0.5) is 0 Å². The summed E-state index contributed by atoms with van der Waals surface area (Å²) in [5, 5.41) is 1.35. The molecule has 0 N–H and O–H groups in total. The average Bonchev–Trinajstić information content (AvgIpc) is 2.12. The Balaban J connectivity index is 2.54. The van der Waals surface area contributed by atoms with Gasteiger partial charge in [-0.25, -0.2) is 0 Å². The molecule has 0 heterocycles. The third-order valence-corrected chi connectivity index (χ3v) is 2.94. The van der Waals surface area contributed by atoms with E-state index in [1.807, 2.05) is 18.2 Å². The normalized spacial score (nSPS) is 10.9. The van der Waals surface area contributed by atoms with Gasteiger partial charge < -0.3 is 4.90 Å². The molecule has 1 aromatic rings. The molecule has 0 unspecified atom stereocenters. The molecule has 0 saturated heterocycles. The van der Waals surface area contributed by atoms with Crippen molar-refractivity contribution in [1.29, 1.82) is 0 Å². The van der Waals surface area contributed by atoms with Crippen LogP contribution >= 0.6 is 23.2 Å². The highest BCUT2D eigenvalue weighted by Gasteiger charge is 2.03. The fourth-order valence-electron chi connectivity index (χ4n) is 1.33. The molecule has 3 heteroatoms. The van der Waals surface area contributed by atoms with E-state index in [0.29, 0.717) is 10.0 Å². The number of halogens is 2. The van der Waals surface area contributed by atoms with Crippen LogP contribution in [-0.4, -0.2) is 25.5 Å². The maximum atomic E-state index is 6.06. The summed E-state index contributed by atoms with van der Waals surface area (Å²) >= 11 is 12.0. The van der Waals surface area contributed by atoms with E-state index in [-0.39, 0.29) is 0 Å². The molecule has 0 bridgehead atoms. The third-order valence-electron chi connectivity index (χ3n) is 2.08. The van der Waals surface area contributed by atoms with Crippen molar-refractivity contribution >= 4 is 23.2 Å². The average molecular weight is 232 g/mol. The summed E-state index contributed by atoms with van der Waals surface area (Å²) in [6.07, 6.45) is 2.09. The molecule has 0 amide bonds. The molecule has 0 fully saturated rings. The predicted molar refractivity (Wildman–Crippen MR) is 63.3 cm³/mol. The number of aryl methyl sites for hydroxylation is 1. The van der Waals surface area contributed by atoms with Crippen molar-refractivity contribution in [1.82, 2.24) is 4.90 Å². The van der Waals surface area contributed by atoms with Gasteiger partial charge in [-0.2, -0.15) is 0 Å². The van der Waals surface area contributed by atoms with Gasteiger partial charge in [-0.05, 0) is 45.1 Å². The van der Waals surface area contributed by atoms with Crippen molar-refractivity contribution in [3.8, 4) is 0 Å². The van der Waals surface area contributed by atoms with E-state index in [1.165, 1.54) is 0 Å². The van der Waals surface area contributed by atoms with Gasteiger partial charge in [0, 0.05) is 0 Å². The first-order valence-corrected chi connectivity index (χ1v) is 5.44. The molecule has 78 valence electrons. The minimum Gasteiger partial charge on any atom is -0.309 e.